The molecule has 6 heteroatoms. The molecule has 1 unspecified atom stereocenters. The molecule has 24 heavy (non-hydrogen) atoms. The molecule has 0 saturated carbocycles. The fourth-order valence-electron chi connectivity index (χ4n) is 4.97. The van der Waals surface area contributed by atoms with Crippen molar-refractivity contribution in [3.05, 3.63) is 29.3 Å². The number of benzene rings is 1. The Bertz CT molecular complexity index is 733. The number of methoxy groups -OCH3 is 2. The Hall–Kier alpha value is -1.76. The van der Waals surface area contributed by atoms with Crippen LogP contribution < -0.4 is 14.2 Å². The van der Waals surface area contributed by atoms with E-state index < -0.39 is 11.5 Å². The molecule has 0 amide bonds. The van der Waals surface area contributed by atoms with Crippen LogP contribution in [0, 0.1) is 0 Å². The normalized spacial score (nSPS) is 38.0. The van der Waals surface area contributed by atoms with Crippen molar-refractivity contribution in [2.45, 2.75) is 36.6 Å². The summed E-state index contributed by atoms with van der Waals surface area (Å²) >= 11 is 0. The maximum absolute atomic E-state index is 11.0. The van der Waals surface area contributed by atoms with E-state index in [9.17, 15) is 5.11 Å². The van der Waals surface area contributed by atoms with Gasteiger partial charge in [-0.05, 0) is 18.1 Å². The van der Waals surface area contributed by atoms with Gasteiger partial charge in [0.15, 0.2) is 11.5 Å². The molecule has 1 aliphatic carbocycles. The van der Waals surface area contributed by atoms with Crippen LogP contribution in [0.5, 0.6) is 17.2 Å². The molecule has 0 aromatic heterocycles. The van der Waals surface area contributed by atoms with Gasteiger partial charge in [0, 0.05) is 31.8 Å². The van der Waals surface area contributed by atoms with Crippen molar-refractivity contribution in [3.63, 3.8) is 0 Å². The summed E-state index contributed by atoms with van der Waals surface area (Å²) in [4.78, 5) is 2.34. The highest BCUT2D eigenvalue weighted by Crippen LogP contribution is 2.57. The second-order valence-corrected chi connectivity index (χ2v) is 6.93. The first kappa shape index (κ1) is 14.6. The van der Waals surface area contributed by atoms with Gasteiger partial charge in [0.25, 0.3) is 0 Å². The molecular weight excluding hydrogens is 310 g/mol. The second kappa shape index (κ2) is 4.88. The van der Waals surface area contributed by atoms with Gasteiger partial charge in [-0.15, -0.1) is 0 Å². The minimum atomic E-state index is -0.456. The summed E-state index contributed by atoms with van der Waals surface area (Å²) in [7, 11) is 3.39. The van der Waals surface area contributed by atoms with Gasteiger partial charge in [0.2, 0.25) is 12.5 Å². The number of aliphatic hydroxyl groups is 1. The van der Waals surface area contributed by atoms with E-state index in [-0.39, 0.29) is 18.9 Å². The minimum Gasteiger partial charge on any atom is -0.492 e. The van der Waals surface area contributed by atoms with Crippen LogP contribution in [0.4, 0.5) is 0 Å². The summed E-state index contributed by atoms with van der Waals surface area (Å²) in [6, 6.07) is 2.26. The molecule has 1 aromatic carbocycles. The standard InChI is InChI=1S/C18H21NO5/c1-21-10-3-4-18-12-6-13-17(24-9-23-13)16(22-2)11(12)7-19(8-15(18)20)14(18)5-10/h3-4,6,10,14-15,20H,5,7-9H2,1-2H3/t10-,14+,15+,18+/m1/s1. The van der Waals surface area contributed by atoms with E-state index in [1.54, 1.807) is 14.2 Å². The average molecular weight is 331 g/mol. The van der Waals surface area contributed by atoms with Crippen LogP contribution in [0.1, 0.15) is 17.5 Å². The average Bonchev–Trinajstić information content (AvgIpc) is 3.14. The monoisotopic (exact) mass is 331 g/mol. The van der Waals surface area contributed by atoms with E-state index in [1.807, 2.05) is 6.07 Å². The Labute approximate surface area is 140 Å². The predicted octanol–water partition coefficient (Wildman–Crippen LogP) is 1.20. The van der Waals surface area contributed by atoms with Gasteiger partial charge in [0.05, 0.1) is 24.7 Å². The molecule has 1 fully saturated rings. The Morgan fingerprint density at radius 1 is 1.33 bits per heavy atom. The summed E-state index contributed by atoms with van der Waals surface area (Å²) < 4.78 is 22.4. The Morgan fingerprint density at radius 3 is 3.00 bits per heavy atom. The third-order valence-corrected chi connectivity index (χ3v) is 6.05. The van der Waals surface area contributed by atoms with Crippen LogP contribution in [0.2, 0.25) is 0 Å². The maximum Gasteiger partial charge on any atom is 0.231 e. The zero-order valence-electron chi connectivity index (χ0n) is 13.8. The maximum atomic E-state index is 11.0. The Balaban J connectivity index is 1.76. The number of rotatable bonds is 2. The summed E-state index contributed by atoms with van der Waals surface area (Å²) in [6.07, 6.45) is 4.73. The zero-order valence-corrected chi connectivity index (χ0v) is 13.8. The molecule has 1 aromatic rings. The van der Waals surface area contributed by atoms with Crippen LogP contribution >= 0.6 is 0 Å². The Morgan fingerprint density at radius 2 is 2.21 bits per heavy atom. The van der Waals surface area contributed by atoms with Crippen LogP contribution in [0.25, 0.3) is 0 Å². The number of nitrogens with zero attached hydrogens (tertiary/aromatic N) is 1. The van der Waals surface area contributed by atoms with Crippen molar-refractivity contribution in [1.82, 2.24) is 4.90 Å². The third-order valence-electron chi connectivity index (χ3n) is 6.05. The molecule has 5 rings (SSSR count). The molecule has 0 radical (unpaired) electrons. The Kier molecular flexibility index (Phi) is 2.96. The van der Waals surface area contributed by atoms with Gasteiger partial charge >= 0.3 is 0 Å². The highest BCUT2D eigenvalue weighted by molar-refractivity contribution is 5.65. The smallest absolute Gasteiger partial charge is 0.231 e. The van der Waals surface area contributed by atoms with Crippen LogP contribution in [0.3, 0.4) is 0 Å². The number of aliphatic hydroxyl groups excluding tert-OH is 1. The van der Waals surface area contributed by atoms with Crippen molar-refractivity contribution in [2.75, 3.05) is 27.6 Å². The lowest BCUT2D eigenvalue weighted by Crippen LogP contribution is -2.52. The second-order valence-electron chi connectivity index (χ2n) is 6.93. The first-order chi connectivity index (χ1) is 11.7. The predicted molar refractivity (Wildman–Crippen MR) is 85.6 cm³/mol. The number of hydrogen-bond donors (Lipinski definition) is 1. The molecule has 1 N–H and O–H groups in total. The SMILES string of the molecule is COc1c2c(cc3c1OCO3)[C@@]13C=C[C@@H](OC)C[C@@H]1N(C2)C[C@@H]3O. The molecule has 0 spiro atoms. The van der Waals surface area contributed by atoms with E-state index in [0.717, 1.165) is 29.8 Å². The fraction of sp³-hybridized carbons (Fsp3) is 0.556. The topological polar surface area (TPSA) is 60.4 Å². The molecule has 1 saturated heterocycles. The van der Waals surface area contributed by atoms with Gasteiger partial charge in [-0.1, -0.05) is 12.2 Å². The summed E-state index contributed by atoms with van der Waals surface area (Å²) in [5.41, 5.74) is 1.76. The van der Waals surface area contributed by atoms with E-state index in [1.165, 1.54) is 0 Å². The van der Waals surface area contributed by atoms with E-state index in [2.05, 4.69) is 17.1 Å². The highest BCUT2D eigenvalue weighted by Gasteiger charge is 2.59. The summed E-state index contributed by atoms with van der Waals surface area (Å²) in [5, 5.41) is 11.0. The van der Waals surface area contributed by atoms with Crippen LogP contribution in [0.15, 0.2) is 18.2 Å². The molecule has 5 atom stereocenters. The highest BCUT2D eigenvalue weighted by atomic mass is 16.7. The largest absolute Gasteiger partial charge is 0.492 e. The quantitative estimate of drug-likeness (QED) is 0.822. The lowest BCUT2D eigenvalue weighted by atomic mass is 9.65. The molecule has 128 valence electrons. The van der Waals surface area contributed by atoms with Crippen LogP contribution in [-0.2, 0) is 16.7 Å². The molecule has 2 bridgehead atoms. The first-order valence-electron chi connectivity index (χ1n) is 8.33. The molecule has 6 nitrogen and oxygen atoms in total. The third kappa shape index (κ3) is 1.61. The zero-order chi connectivity index (χ0) is 16.5. The van der Waals surface area contributed by atoms with Crippen molar-refractivity contribution in [3.8, 4) is 17.2 Å². The molecular formula is C18H21NO5. The van der Waals surface area contributed by atoms with E-state index in [0.29, 0.717) is 18.0 Å². The van der Waals surface area contributed by atoms with Crippen LogP contribution in [-0.4, -0.2) is 55.8 Å². The van der Waals surface area contributed by atoms with Gasteiger partial charge in [-0.25, -0.2) is 0 Å². The first-order valence-corrected chi connectivity index (χ1v) is 8.33. The molecule has 3 heterocycles. The summed E-state index contributed by atoms with van der Waals surface area (Å²) in [5.74, 6) is 2.11. The van der Waals surface area contributed by atoms with Crippen molar-refractivity contribution < 1.29 is 24.1 Å². The van der Waals surface area contributed by atoms with Gasteiger partial charge in [-0.2, -0.15) is 0 Å². The minimum absolute atomic E-state index is 0.0911. The lowest BCUT2D eigenvalue weighted by Gasteiger charge is -2.46. The van der Waals surface area contributed by atoms with Crippen molar-refractivity contribution in [2.24, 2.45) is 0 Å². The van der Waals surface area contributed by atoms with E-state index in [4.69, 9.17) is 18.9 Å². The summed E-state index contributed by atoms with van der Waals surface area (Å²) in [6.45, 7) is 1.59. The van der Waals surface area contributed by atoms with Crippen molar-refractivity contribution in [1.29, 1.82) is 0 Å². The lowest BCUT2D eigenvalue weighted by molar-refractivity contribution is 0.0655. The van der Waals surface area contributed by atoms with Gasteiger partial charge in [0.1, 0.15) is 0 Å². The molecule has 4 aliphatic rings. The van der Waals surface area contributed by atoms with Crippen molar-refractivity contribution >= 4 is 0 Å². The number of ether oxygens (including phenoxy) is 4. The number of fused-ring (bicyclic) bond motifs is 2. The van der Waals surface area contributed by atoms with Gasteiger partial charge in [-0.3, -0.25) is 4.90 Å². The van der Waals surface area contributed by atoms with E-state index >= 15 is 0 Å². The van der Waals surface area contributed by atoms with Gasteiger partial charge < -0.3 is 24.1 Å². The molecule has 3 aliphatic heterocycles. The fourth-order valence-corrected chi connectivity index (χ4v) is 4.97. The number of hydrogen-bond acceptors (Lipinski definition) is 6.